The van der Waals surface area contributed by atoms with Gasteiger partial charge in [-0.15, -0.1) is 0 Å². The molecule has 5 heteroatoms. The molecule has 1 aromatic rings. The molecular weight excluding hydrogens is 214 g/mol. The first-order chi connectivity index (χ1) is 8.33. The average Bonchev–Trinajstić information content (AvgIpc) is 2.40. The van der Waals surface area contributed by atoms with Crippen LogP contribution in [0.2, 0.25) is 0 Å². The molecule has 0 bridgehead atoms. The third-order valence-electron chi connectivity index (χ3n) is 3.18. The zero-order valence-electron chi connectivity index (χ0n) is 10.1. The number of nitrogens with zero attached hydrogens (tertiary/aromatic N) is 4. The summed E-state index contributed by atoms with van der Waals surface area (Å²) in [6.45, 7) is 3.13. The van der Waals surface area contributed by atoms with Gasteiger partial charge in [0.05, 0.1) is 12.4 Å². The smallest absolute Gasteiger partial charge is 0.158 e. The maximum absolute atomic E-state index is 8.66. The van der Waals surface area contributed by atoms with Crippen LogP contribution in [0.4, 0.5) is 5.82 Å². The van der Waals surface area contributed by atoms with Crippen LogP contribution in [0.1, 0.15) is 18.5 Å². The van der Waals surface area contributed by atoms with Crippen molar-refractivity contribution in [2.75, 3.05) is 31.6 Å². The molecule has 1 aliphatic rings. The predicted octanol–water partition coefficient (Wildman–Crippen LogP) is 0.784. The van der Waals surface area contributed by atoms with Crippen LogP contribution in [0.3, 0.4) is 0 Å². The molecule has 2 rings (SSSR count). The molecule has 1 aliphatic heterocycles. The Bertz CT molecular complexity index is 386. The van der Waals surface area contributed by atoms with E-state index in [1.54, 1.807) is 6.20 Å². The molecule has 0 amide bonds. The Balaban J connectivity index is 1.94. The van der Waals surface area contributed by atoms with E-state index in [1.165, 1.54) is 19.0 Å². The van der Waals surface area contributed by atoms with Crippen LogP contribution < -0.4 is 10.2 Å². The van der Waals surface area contributed by atoms with Crippen LogP contribution in [0.15, 0.2) is 12.4 Å². The highest BCUT2D eigenvalue weighted by atomic mass is 15.2. The van der Waals surface area contributed by atoms with Gasteiger partial charge in [-0.25, -0.2) is 9.97 Å². The molecule has 0 unspecified atom stereocenters. The molecule has 17 heavy (non-hydrogen) atoms. The lowest BCUT2D eigenvalue weighted by Crippen LogP contribution is -2.37. The van der Waals surface area contributed by atoms with Gasteiger partial charge in [0, 0.05) is 13.1 Å². The van der Waals surface area contributed by atoms with E-state index in [2.05, 4.69) is 20.2 Å². The van der Waals surface area contributed by atoms with Crippen molar-refractivity contribution < 1.29 is 0 Å². The lowest BCUT2D eigenvalue weighted by Gasteiger charge is -2.32. The second kappa shape index (κ2) is 5.60. The number of aromatic nitrogens is 2. The summed E-state index contributed by atoms with van der Waals surface area (Å²) in [6, 6.07) is 1.98. The average molecular weight is 231 g/mol. The lowest BCUT2D eigenvalue weighted by atomic mass is 9.97. The number of piperidine rings is 1. The molecule has 1 aromatic heterocycles. The predicted molar refractivity (Wildman–Crippen MR) is 65.6 cm³/mol. The van der Waals surface area contributed by atoms with Gasteiger partial charge in [0.25, 0.3) is 0 Å². The number of hydrogen-bond acceptors (Lipinski definition) is 5. The normalized spacial score (nSPS) is 16.8. The lowest BCUT2D eigenvalue weighted by molar-refractivity contribution is 0.392. The van der Waals surface area contributed by atoms with E-state index >= 15 is 0 Å². The van der Waals surface area contributed by atoms with Gasteiger partial charge < -0.3 is 10.2 Å². The van der Waals surface area contributed by atoms with Crippen LogP contribution in [0, 0.1) is 17.2 Å². The summed E-state index contributed by atoms with van der Waals surface area (Å²) in [7, 11) is 2.00. The molecule has 1 saturated heterocycles. The Hall–Kier alpha value is -1.67. The van der Waals surface area contributed by atoms with E-state index in [-0.39, 0.29) is 0 Å². The van der Waals surface area contributed by atoms with Gasteiger partial charge in [0.15, 0.2) is 5.69 Å². The van der Waals surface area contributed by atoms with Gasteiger partial charge in [-0.3, -0.25) is 0 Å². The van der Waals surface area contributed by atoms with Gasteiger partial charge in [-0.2, -0.15) is 5.26 Å². The summed E-state index contributed by atoms with van der Waals surface area (Å²) in [4.78, 5) is 10.6. The Labute approximate surface area is 101 Å². The molecule has 0 saturated carbocycles. The van der Waals surface area contributed by atoms with E-state index in [1.807, 2.05) is 13.1 Å². The molecule has 1 fully saturated rings. The Kier molecular flexibility index (Phi) is 3.89. The minimum absolute atomic E-state index is 0.374. The second-order valence-electron chi connectivity index (χ2n) is 4.36. The van der Waals surface area contributed by atoms with Crippen molar-refractivity contribution in [3.05, 3.63) is 18.1 Å². The molecule has 0 aliphatic carbocycles. The molecule has 1 N–H and O–H groups in total. The number of hydrogen-bond donors (Lipinski definition) is 1. The second-order valence-corrected chi connectivity index (χ2v) is 4.36. The van der Waals surface area contributed by atoms with Gasteiger partial charge in [-0.1, -0.05) is 0 Å². The SMILES string of the molecule is CNCC1CCN(c2cnc(C#N)cn2)CC1. The molecular formula is C12H17N5. The fourth-order valence-corrected chi connectivity index (χ4v) is 2.20. The van der Waals surface area contributed by atoms with Crippen LogP contribution in [-0.4, -0.2) is 36.6 Å². The Morgan fingerprint density at radius 2 is 2.18 bits per heavy atom. The molecule has 5 nitrogen and oxygen atoms in total. The van der Waals surface area contributed by atoms with Gasteiger partial charge in [0.2, 0.25) is 0 Å². The number of anilines is 1. The van der Waals surface area contributed by atoms with Crippen molar-refractivity contribution in [3.63, 3.8) is 0 Å². The summed E-state index contributed by atoms with van der Waals surface area (Å²) in [5.41, 5.74) is 0.374. The standard InChI is InChI=1S/C12H17N5/c1-14-7-10-2-4-17(5-3-10)12-9-15-11(6-13)8-16-12/h8-10,14H,2-5,7H2,1H3. The molecule has 0 radical (unpaired) electrons. The minimum Gasteiger partial charge on any atom is -0.355 e. The molecule has 0 spiro atoms. The fraction of sp³-hybridized carbons (Fsp3) is 0.583. The van der Waals surface area contributed by atoms with Crippen molar-refractivity contribution in [1.29, 1.82) is 5.26 Å². The quantitative estimate of drug-likeness (QED) is 0.833. The van der Waals surface area contributed by atoms with E-state index in [0.29, 0.717) is 5.69 Å². The maximum atomic E-state index is 8.66. The van der Waals surface area contributed by atoms with Crippen molar-refractivity contribution in [2.45, 2.75) is 12.8 Å². The number of nitriles is 1. The van der Waals surface area contributed by atoms with Crippen LogP contribution in [0.5, 0.6) is 0 Å². The van der Waals surface area contributed by atoms with Gasteiger partial charge >= 0.3 is 0 Å². The zero-order valence-corrected chi connectivity index (χ0v) is 10.1. The summed E-state index contributed by atoms with van der Waals surface area (Å²) >= 11 is 0. The van der Waals surface area contributed by atoms with Crippen molar-refractivity contribution >= 4 is 5.82 Å². The maximum Gasteiger partial charge on any atom is 0.158 e. The first-order valence-corrected chi connectivity index (χ1v) is 5.95. The zero-order chi connectivity index (χ0) is 12.1. The molecule has 0 aromatic carbocycles. The fourth-order valence-electron chi connectivity index (χ4n) is 2.20. The molecule has 2 heterocycles. The number of nitrogens with one attached hydrogen (secondary N) is 1. The number of rotatable bonds is 3. The first kappa shape index (κ1) is 11.8. The van der Waals surface area contributed by atoms with E-state index < -0.39 is 0 Å². The Morgan fingerprint density at radius 1 is 1.41 bits per heavy atom. The monoisotopic (exact) mass is 231 g/mol. The highest BCUT2D eigenvalue weighted by molar-refractivity contribution is 5.37. The summed E-state index contributed by atoms with van der Waals surface area (Å²) < 4.78 is 0. The van der Waals surface area contributed by atoms with Crippen LogP contribution in [-0.2, 0) is 0 Å². The van der Waals surface area contributed by atoms with Gasteiger partial charge in [0.1, 0.15) is 11.9 Å². The molecule has 0 atom stereocenters. The third kappa shape index (κ3) is 2.92. The van der Waals surface area contributed by atoms with Crippen LogP contribution >= 0.6 is 0 Å². The molecule has 90 valence electrons. The third-order valence-corrected chi connectivity index (χ3v) is 3.18. The van der Waals surface area contributed by atoms with E-state index in [4.69, 9.17) is 5.26 Å². The van der Waals surface area contributed by atoms with Gasteiger partial charge in [-0.05, 0) is 32.4 Å². The van der Waals surface area contributed by atoms with Crippen molar-refractivity contribution in [3.8, 4) is 6.07 Å². The van der Waals surface area contributed by atoms with Crippen molar-refractivity contribution in [2.24, 2.45) is 5.92 Å². The summed E-state index contributed by atoms with van der Waals surface area (Å²) in [5, 5.41) is 11.9. The Morgan fingerprint density at radius 3 is 2.71 bits per heavy atom. The van der Waals surface area contributed by atoms with E-state index in [0.717, 1.165) is 31.4 Å². The minimum atomic E-state index is 0.374. The highest BCUT2D eigenvalue weighted by Gasteiger charge is 2.19. The summed E-state index contributed by atoms with van der Waals surface area (Å²) in [6.07, 6.45) is 5.59. The summed E-state index contributed by atoms with van der Waals surface area (Å²) in [5.74, 6) is 1.65. The largest absolute Gasteiger partial charge is 0.355 e. The first-order valence-electron chi connectivity index (χ1n) is 5.95. The highest BCUT2D eigenvalue weighted by Crippen LogP contribution is 2.20. The van der Waals surface area contributed by atoms with E-state index in [9.17, 15) is 0 Å². The van der Waals surface area contributed by atoms with Crippen LogP contribution in [0.25, 0.3) is 0 Å². The van der Waals surface area contributed by atoms with Crippen molar-refractivity contribution in [1.82, 2.24) is 15.3 Å². The topological polar surface area (TPSA) is 64.8 Å².